The van der Waals surface area contributed by atoms with E-state index in [1.54, 1.807) is 30.3 Å². The van der Waals surface area contributed by atoms with E-state index in [9.17, 15) is 4.79 Å². The number of hydrogen-bond acceptors (Lipinski definition) is 2. The Hall–Kier alpha value is -1.32. The summed E-state index contributed by atoms with van der Waals surface area (Å²) in [6.07, 6.45) is 0. The Kier molecular flexibility index (Phi) is 3.50. The third kappa shape index (κ3) is 2.68. The number of anilines is 1. The van der Waals surface area contributed by atoms with Gasteiger partial charge in [-0.15, -0.1) is 0 Å². The van der Waals surface area contributed by atoms with Gasteiger partial charge in [-0.2, -0.15) is 0 Å². The first-order valence-electron chi connectivity index (χ1n) is 4.93. The van der Waals surface area contributed by atoms with Crippen molar-refractivity contribution >= 4 is 39.0 Å². The predicted octanol–water partition coefficient (Wildman–Crippen LogP) is 3.92. The number of carbonyl (C=O) groups is 1. The van der Waals surface area contributed by atoms with Gasteiger partial charge in [-0.3, -0.25) is 4.79 Å². The molecule has 86 valence electrons. The number of benzene rings is 2. The van der Waals surface area contributed by atoms with Crippen LogP contribution < -0.4 is 5.73 Å². The molecule has 0 unspecified atom stereocenters. The lowest BCUT2D eigenvalue weighted by molar-refractivity contribution is 0.103. The first-order chi connectivity index (χ1) is 8.08. The van der Waals surface area contributed by atoms with E-state index in [1.165, 1.54) is 0 Å². The van der Waals surface area contributed by atoms with Crippen molar-refractivity contribution in [2.75, 3.05) is 5.73 Å². The van der Waals surface area contributed by atoms with Crippen molar-refractivity contribution in [1.82, 2.24) is 0 Å². The van der Waals surface area contributed by atoms with Crippen molar-refractivity contribution in [2.45, 2.75) is 0 Å². The van der Waals surface area contributed by atoms with Gasteiger partial charge in [-0.25, -0.2) is 0 Å². The molecule has 2 rings (SSSR count). The van der Waals surface area contributed by atoms with Crippen molar-refractivity contribution < 1.29 is 4.79 Å². The Balaban J connectivity index is 2.44. The van der Waals surface area contributed by atoms with Crippen molar-refractivity contribution in [3.8, 4) is 0 Å². The first-order valence-corrected chi connectivity index (χ1v) is 6.10. The van der Waals surface area contributed by atoms with Gasteiger partial charge >= 0.3 is 0 Å². The molecule has 0 aliphatic rings. The second-order valence-corrected chi connectivity index (χ2v) is 4.90. The van der Waals surface area contributed by atoms with Crippen LogP contribution in [0.1, 0.15) is 15.9 Å². The lowest BCUT2D eigenvalue weighted by Crippen LogP contribution is -2.02. The Morgan fingerprint density at radius 3 is 2.59 bits per heavy atom. The number of carbonyl (C=O) groups excluding carboxylic acids is 1. The van der Waals surface area contributed by atoms with Crippen LogP contribution in [-0.4, -0.2) is 5.78 Å². The van der Waals surface area contributed by atoms with Gasteiger partial charge in [0.1, 0.15) is 0 Å². The molecule has 0 amide bonds. The number of halogens is 2. The van der Waals surface area contributed by atoms with E-state index in [0.717, 1.165) is 4.47 Å². The lowest BCUT2D eigenvalue weighted by Gasteiger charge is -2.05. The SMILES string of the molecule is Nc1ccc(C(=O)c2cccc(Br)c2)c(Cl)c1. The van der Waals surface area contributed by atoms with Gasteiger partial charge in [0.05, 0.1) is 5.02 Å². The van der Waals surface area contributed by atoms with Gasteiger partial charge in [0.25, 0.3) is 0 Å². The number of hydrogen-bond donors (Lipinski definition) is 1. The Morgan fingerprint density at radius 1 is 1.18 bits per heavy atom. The summed E-state index contributed by atoms with van der Waals surface area (Å²) in [5.41, 5.74) is 7.18. The third-order valence-electron chi connectivity index (χ3n) is 2.32. The van der Waals surface area contributed by atoms with Crippen LogP contribution in [0.5, 0.6) is 0 Å². The average Bonchev–Trinajstić information content (AvgIpc) is 2.28. The molecule has 2 aromatic rings. The topological polar surface area (TPSA) is 43.1 Å². The normalized spacial score (nSPS) is 10.2. The molecule has 2 nitrogen and oxygen atoms in total. The van der Waals surface area contributed by atoms with E-state index in [0.29, 0.717) is 21.8 Å². The van der Waals surface area contributed by atoms with Gasteiger partial charge in [0, 0.05) is 21.3 Å². The largest absolute Gasteiger partial charge is 0.399 e. The minimum atomic E-state index is -0.115. The second kappa shape index (κ2) is 4.90. The fourth-order valence-corrected chi connectivity index (χ4v) is 2.17. The molecule has 2 N–H and O–H groups in total. The zero-order chi connectivity index (χ0) is 12.4. The first kappa shape index (κ1) is 12.1. The molecule has 0 saturated carbocycles. The number of nitrogens with two attached hydrogens (primary N) is 1. The number of nitrogen functional groups attached to an aromatic ring is 1. The smallest absolute Gasteiger partial charge is 0.194 e. The zero-order valence-electron chi connectivity index (χ0n) is 8.78. The van der Waals surface area contributed by atoms with Crippen LogP contribution >= 0.6 is 27.5 Å². The van der Waals surface area contributed by atoms with Crippen LogP contribution in [0.25, 0.3) is 0 Å². The standard InChI is InChI=1S/C13H9BrClNO/c14-9-3-1-2-8(6-9)13(17)11-5-4-10(16)7-12(11)15/h1-7H,16H2. The van der Waals surface area contributed by atoms with Crippen LogP contribution in [0.3, 0.4) is 0 Å². The molecule has 0 spiro atoms. The monoisotopic (exact) mass is 309 g/mol. The number of ketones is 1. The molecule has 2 aromatic carbocycles. The molecule has 4 heteroatoms. The fraction of sp³-hybridized carbons (Fsp3) is 0. The Labute approximate surface area is 113 Å². The zero-order valence-corrected chi connectivity index (χ0v) is 11.1. The fourth-order valence-electron chi connectivity index (χ4n) is 1.50. The van der Waals surface area contributed by atoms with Gasteiger partial charge in [-0.1, -0.05) is 39.7 Å². The van der Waals surface area contributed by atoms with Crippen LogP contribution in [0.4, 0.5) is 5.69 Å². The lowest BCUT2D eigenvalue weighted by atomic mass is 10.0. The van der Waals surface area contributed by atoms with Gasteiger partial charge in [-0.05, 0) is 30.3 Å². The average molecular weight is 311 g/mol. The summed E-state index contributed by atoms with van der Waals surface area (Å²) in [6.45, 7) is 0. The van der Waals surface area contributed by atoms with E-state index < -0.39 is 0 Å². The van der Waals surface area contributed by atoms with E-state index in [4.69, 9.17) is 17.3 Å². The molecule has 0 atom stereocenters. The maximum atomic E-state index is 12.2. The molecule has 0 aliphatic heterocycles. The highest BCUT2D eigenvalue weighted by Gasteiger charge is 2.12. The molecule has 0 aromatic heterocycles. The summed E-state index contributed by atoms with van der Waals surface area (Å²) < 4.78 is 0.856. The molecule has 0 radical (unpaired) electrons. The molecule has 0 aliphatic carbocycles. The van der Waals surface area contributed by atoms with E-state index in [-0.39, 0.29) is 5.78 Å². The quantitative estimate of drug-likeness (QED) is 0.675. The minimum Gasteiger partial charge on any atom is -0.399 e. The molecule has 0 fully saturated rings. The van der Waals surface area contributed by atoms with Crippen molar-refractivity contribution in [3.05, 3.63) is 63.1 Å². The van der Waals surface area contributed by atoms with E-state index in [1.807, 2.05) is 12.1 Å². The molecule has 0 saturated heterocycles. The predicted molar refractivity (Wildman–Crippen MR) is 73.4 cm³/mol. The van der Waals surface area contributed by atoms with Gasteiger partial charge < -0.3 is 5.73 Å². The maximum Gasteiger partial charge on any atom is 0.194 e. The summed E-state index contributed by atoms with van der Waals surface area (Å²) >= 11 is 9.33. The second-order valence-electron chi connectivity index (χ2n) is 3.58. The van der Waals surface area contributed by atoms with Crippen LogP contribution in [0, 0.1) is 0 Å². The molecule has 17 heavy (non-hydrogen) atoms. The van der Waals surface area contributed by atoms with E-state index >= 15 is 0 Å². The third-order valence-corrected chi connectivity index (χ3v) is 3.13. The van der Waals surface area contributed by atoms with Crippen LogP contribution in [0.15, 0.2) is 46.9 Å². The van der Waals surface area contributed by atoms with Crippen LogP contribution in [-0.2, 0) is 0 Å². The molecule has 0 heterocycles. The van der Waals surface area contributed by atoms with Gasteiger partial charge in [0.15, 0.2) is 5.78 Å². The van der Waals surface area contributed by atoms with E-state index in [2.05, 4.69) is 15.9 Å². The molecular formula is C13H9BrClNO. The summed E-state index contributed by atoms with van der Waals surface area (Å²) in [7, 11) is 0. The minimum absolute atomic E-state index is 0.115. The van der Waals surface area contributed by atoms with Crippen LogP contribution in [0.2, 0.25) is 5.02 Å². The summed E-state index contributed by atoms with van der Waals surface area (Å²) in [6, 6.07) is 12.1. The Morgan fingerprint density at radius 2 is 1.94 bits per heavy atom. The molecule has 0 bridgehead atoms. The molecular weight excluding hydrogens is 302 g/mol. The highest BCUT2D eigenvalue weighted by molar-refractivity contribution is 9.10. The maximum absolute atomic E-state index is 12.2. The van der Waals surface area contributed by atoms with Crippen molar-refractivity contribution in [3.63, 3.8) is 0 Å². The van der Waals surface area contributed by atoms with Crippen molar-refractivity contribution in [2.24, 2.45) is 0 Å². The summed E-state index contributed by atoms with van der Waals surface area (Å²) in [5.74, 6) is -0.115. The highest BCUT2D eigenvalue weighted by Crippen LogP contribution is 2.23. The van der Waals surface area contributed by atoms with Gasteiger partial charge in [0.2, 0.25) is 0 Å². The van der Waals surface area contributed by atoms with Crippen molar-refractivity contribution in [1.29, 1.82) is 0 Å². The number of rotatable bonds is 2. The summed E-state index contributed by atoms with van der Waals surface area (Å²) in [4.78, 5) is 12.2. The highest BCUT2D eigenvalue weighted by atomic mass is 79.9. The Bertz CT molecular complexity index is 583. The summed E-state index contributed by atoms with van der Waals surface area (Å²) in [5, 5.41) is 0.370.